The Balaban J connectivity index is 1.85. The van der Waals surface area contributed by atoms with Crippen molar-refractivity contribution in [1.82, 2.24) is 10.2 Å². The molecule has 0 aromatic heterocycles. The van der Waals surface area contributed by atoms with Crippen LogP contribution in [0.2, 0.25) is 0 Å². The molecule has 2 saturated heterocycles. The maximum Gasteiger partial charge on any atom is 0.227 e. The number of nitrogens with zero attached hydrogens (tertiary/aromatic N) is 1. The van der Waals surface area contributed by atoms with E-state index in [-0.39, 0.29) is 12.0 Å². The number of carbonyl (C=O) groups excluding carboxylic acids is 1. The van der Waals surface area contributed by atoms with Crippen LogP contribution < -0.4 is 5.32 Å². The lowest BCUT2D eigenvalue weighted by Crippen LogP contribution is -2.47. The monoisotopic (exact) mass is 254 g/mol. The van der Waals surface area contributed by atoms with E-state index in [0.717, 1.165) is 52.0 Å². The number of piperidine rings is 1. The first-order chi connectivity index (χ1) is 8.72. The molecule has 104 valence electrons. The van der Waals surface area contributed by atoms with E-state index in [1.807, 2.05) is 4.90 Å². The summed E-state index contributed by atoms with van der Waals surface area (Å²) in [7, 11) is 0. The summed E-state index contributed by atoms with van der Waals surface area (Å²) in [4.78, 5) is 14.5. The maximum atomic E-state index is 12.5. The molecule has 0 saturated carbocycles. The van der Waals surface area contributed by atoms with Crippen LogP contribution in [0.1, 0.15) is 33.1 Å². The highest BCUT2D eigenvalue weighted by Gasteiger charge is 2.34. The van der Waals surface area contributed by atoms with Crippen molar-refractivity contribution in [1.29, 1.82) is 0 Å². The van der Waals surface area contributed by atoms with Crippen LogP contribution in [0.15, 0.2) is 0 Å². The molecule has 0 spiro atoms. The van der Waals surface area contributed by atoms with E-state index in [9.17, 15) is 4.79 Å². The molecular weight excluding hydrogens is 228 g/mol. The Hall–Kier alpha value is -0.610. The average molecular weight is 254 g/mol. The quantitative estimate of drug-likeness (QED) is 0.821. The summed E-state index contributed by atoms with van der Waals surface area (Å²) in [5.41, 5.74) is 0. The Labute approximate surface area is 110 Å². The number of hydrogen-bond donors (Lipinski definition) is 1. The number of carbonyl (C=O) groups is 1. The Morgan fingerprint density at radius 3 is 2.94 bits per heavy atom. The number of rotatable bonds is 4. The third-order valence-electron chi connectivity index (χ3n) is 4.08. The zero-order valence-electron chi connectivity index (χ0n) is 11.7. The van der Waals surface area contributed by atoms with Crippen molar-refractivity contribution in [3.8, 4) is 0 Å². The van der Waals surface area contributed by atoms with Crippen molar-refractivity contribution < 1.29 is 9.53 Å². The summed E-state index contributed by atoms with van der Waals surface area (Å²) < 4.78 is 5.79. The van der Waals surface area contributed by atoms with E-state index < -0.39 is 0 Å². The summed E-state index contributed by atoms with van der Waals surface area (Å²) in [5, 5.41) is 3.31. The smallest absolute Gasteiger partial charge is 0.227 e. The molecule has 4 nitrogen and oxygen atoms in total. The molecular formula is C14H26N2O2. The zero-order valence-corrected chi connectivity index (χ0v) is 11.7. The lowest BCUT2D eigenvalue weighted by Gasteiger charge is -2.34. The molecule has 2 rings (SSSR count). The normalized spacial score (nSPS) is 32.8. The summed E-state index contributed by atoms with van der Waals surface area (Å²) in [6.07, 6.45) is 3.48. The zero-order chi connectivity index (χ0) is 13.0. The van der Waals surface area contributed by atoms with Gasteiger partial charge in [0.2, 0.25) is 5.91 Å². The molecule has 2 aliphatic rings. The van der Waals surface area contributed by atoms with Gasteiger partial charge >= 0.3 is 0 Å². The fraction of sp³-hybridized carbons (Fsp3) is 0.929. The van der Waals surface area contributed by atoms with Gasteiger partial charge in [0.25, 0.3) is 0 Å². The fourth-order valence-electron chi connectivity index (χ4n) is 2.93. The van der Waals surface area contributed by atoms with Crippen LogP contribution in [0.5, 0.6) is 0 Å². The van der Waals surface area contributed by atoms with Gasteiger partial charge < -0.3 is 15.0 Å². The Kier molecular flexibility index (Phi) is 5.01. The van der Waals surface area contributed by atoms with E-state index >= 15 is 0 Å². The molecule has 0 bridgehead atoms. The number of ether oxygens (including phenoxy) is 1. The summed E-state index contributed by atoms with van der Waals surface area (Å²) in [6, 6.07) is 0. The molecule has 3 atom stereocenters. The number of amides is 1. The van der Waals surface area contributed by atoms with E-state index in [4.69, 9.17) is 4.74 Å². The van der Waals surface area contributed by atoms with Gasteiger partial charge in [-0.15, -0.1) is 0 Å². The summed E-state index contributed by atoms with van der Waals surface area (Å²) in [6.45, 7) is 8.62. The minimum absolute atomic E-state index is 0.176. The molecule has 0 aromatic rings. The molecule has 2 fully saturated rings. The predicted molar refractivity (Wildman–Crippen MR) is 71.4 cm³/mol. The largest absolute Gasteiger partial charge is 0.376 e. The van der Waals surface area contributed by atoms with Gasteiger partial charge in [0.1, 0.15) is 0 Å². The highest BCUT2D eigenvalue weighted by molar-refractivity contribution is 5.79. The van der Waals surface area contributed by atoms with Crippen molar-refractivity contribution in [2.24, 2.45) is 11.8 Å². The van der Waals surface area contributed by atoms with E-state index in [2.05, 4.69) is 19.2 Å². The lowest BCUT2D eigenvalue weighted by atomic mass is 9.95. The molecule has 3 unspecified atom stereocenters. The number of hydrogen-bond acceptors (Lipinski definition) is 3. The van der Waals surface area contributed by atoms with Gasteiger partial charge in [-0.3, -0.25) is 4.79 Å². The SMILES string of the molecule is CCCOC1CCCN(C(=O)C2CNCC2C)C1. The Morgan fingerprint density at radius 2 is 2.28 bits per heavy atom. The van der Waals surface area contributed by atoms with Crippen LogP contribution in [0.4, 0.5) is 0 Å². The van der Waals surface area contributed by atoms with Gasteiger partial charge in [-0.2, -0.15) is 0 Å². The first kappa shape index (κ1) is 13.8. The number of nitrogens with one attached hydrogen (secondary N) is 1. The molecule has 2 aliphatic heterocycles. The van der Waals surface area contributed by atoms with Crippen LogP contribution in [0.3, 0.4) is 0 Å². The fourth-order valence-corrected chi connectivity index (χ4v) is 2.93. The molecule has 2 heterocycles. The van der Waals surface area contributed by atoms with Crippen LogP contribution >= 0.6 is 0 Å². The second kappa shape index (κ2) is 6.53. The van der Waals surface area contributed by atoms with Crippen molar-refractivity contribution in [3.63, 3.8) is 0 Å². The lowest BCUT2D eigenvalue weighted by molar-refractivity contribution is -0.140. The molecule has 0 aromatic carbocycles. The minimum atomic E-state index is 0.176. The molecule has 4 heteroatoms. The second-order valence-corrected chi connectivity index (χ2v) is 5.66. The molecule has 1 N–H and O–H groups in total. The van der Waals surface area contributed by atoms with Crippen LogP contribution in [-0.4, -0.2) is 49.7 Å². The highest BCUT2D eigenvalue weighted by atomic mass is 16.5. The first-order valence-corrected chi connectivity index (χ1v) is 7.33. The predicted octanol–water partition coefficient (Wildman–Crippen LogP) is 1.26. The van der Waals surface area contributed by atoms with Crippen molar-refractivity contribution in [2.45, 2.75) is 39.2 Å². The van der Waals surface area contributed by atoms with Gasteiger partial charge in [0.15, 0.2) is 0 Å². The second-order valence-electron chi connectivity index (χ2n) is 5.66. The van der Waals surface area contributed by atoms with Crippen molar-refractivity contribution in [2.75, 3.05) is 32.8 Å². The average Bonchev–Trinajstić information content (AvgIpc) is 2.82. The molecule has 0 radical (unpaired) electrons. The molecule has 0 aliphatic carbocycles. The topological polar surface area (TPSA) is 41.6 Å². The highest BCUT2D eigenvalue weighted by Crippen LogP contribution is 2.22. The van der Waals surface area contributed by atoms with Gasteiger partial charge in [0, 0.05) is 26.2 Å². The van der Waals surface area contributed by atoms with Crippen molar-refractivity contribution in [3.05, 3.63) is 0 Å². The molecule has 1 amide bonds. The minimum Gasteiger partial charge on any atom is -0.376 e. The van der Waals surface area contributed by atoms with Gasteiger partial charge in [-0.25, -0.2) is 0 Å². The van der Waals surface area contributed by atoms with Crippen molar-refractivity contribution >= 4 is 5.91 Å². The van der Waals surface area contributed by atoms with E-state index in [1.165, 1.54) is 0 Å². The van der Waals surface area contributed by atoms with Crippen LogP contribution in [-0.2, 0) is 9.53 Å². The van der Waals surface area contributed by atoms with Crippen LogP contribution in [0, 0.1) is 11.8 Å². The Bertz CT molecular complexity index is 283. The van der Waals surface area contributed by atoms with Gasteiger partial charge in [-0.05, 0) is 31.7 Å². The summed E-state index contributed by atoms with van der Waals surface area (Å²) >= 11 is 0. The third-order valence-corrected chi connectivity index (χ3v) is 4.08. The Morgan fingerprint density at radius 1 is 1.44 bits per heavy atom. The van der Waals surface area contributed by atoms with E-state index in [0.29, 0.717) is 11.8 Å². The van der Waals surface area contributed by atoms with Gasteiger partial charge in [0.05, 0.1) is 12.0 Å². The van der Waals surface area contributed by atoms with Gasteiger partial charge in [-0.1, -0.05) is 13.8 Å². The third kappa shape index (κ3) is 3.23. The molecule has 18 heavy (non-hydrogen) atoms. The first-order valence-electron chi connectivity index (χ1n) is 7.33. The van der Waals surface area contributed by atoms with Crippen LogP contribution in [0.25, 0.3) is 0 Å². The standard InChI is InChI=1S/C14H26N2O2/c1-3-7-18-12-5-4-6-16(10-12)14(17)13-9-15-8-11(13)2/h11-13,15H,3-10H2,1-2H3. The number of likely N-dealkylation sites (tertiary alicyclic amines) is 1. The summed E-state index contributed by atoms with van der Waals surface area (Å²) in [5.74, 6) is 0.974. The van der Waals surface area contributed by atoms with E-state index in [1.54, 1.807) is 0 Å². The maximum absolute atomic E-state index is 12.5.